The van der Waals surface area contributed by atoms with Gasteiger partial charge in [0.1, 0.15) is 0 Å². The van der Waals surface area contributed by atoms with E-state index in [4.69, 9.17) is 5.73 Å². The molecular formula is C9H14N4OS. The van der Waals surface area contributed by atoms with Crippen LogP contribution in [-0.2, 0) is 17.3 Å². The molecule has 1 aromatic heterocycles. The maximum absolute atomic E-state index is 11.2. The van der Waals surface area contributed by atoms with Crippen molar-refractivity contribution in [2.24, 2.45) is 5.73 Å². The van der Waals surface area contributed by atoms with E-state index in [0.717, 1.165) is 18.7 Å². The normalized spacial score (nSPS) is 18.1. The van der Waals surface area contributed by atoms with Crippen molar-refractivity contribution < 1.29 is 4.21 Å². The van der Waals surface area contributed by atoms with E-state index in [2.05, 4.69) is 14.9 Å². The number of nitrogens with two attached hydrogens (primary N) is 1. The van der Waals surface area contributed by atoms with Crippen LogP contribution in [0.25, 0.3) is 0 Å². The molecule has 2 N–H and O–H groups in total. The Morgan fingerprint density at radius 3 is 2.47 bits per heavy atom. The van der Waals surface area contributed by atoms with Gasteiger partial charge < -0.3 is 10.6 Å². The van der Waals surface area contributed by atoms with E-state index in [1.165, 1.54) is 0 Å². The molecule has 0 spiro atoms. The highest BCUT2D eigenvalue weighted by Crippen LogP contribution is 2.09. The second-order valence-corrected chi connectivity index (χ2v) is 5.13. The van der Waals surface area contributed by atoms with E-state index in [1.54, 1.807) is 12.4 Å². The van der Waals surface area contributed by atoms with Gasteiger partial charge in [0.15, 0.2) is 0 Å². The van der Waals surface area contributed by atoms with Crippen molar-refractivity contribution in [3.05, 3.63) is 18.0 Å². The van der Waals surface area contributed by atoms with Crippen molar-refractivity contribution in [3.63, 3.8) is 0 Å². The van der Waals surface area contributed by atoms with Gasteiger partial charge in [-0.1, -0.05) is 0 Å². The quantitative estimate of drug-likeness (QED) is 0.736. The summed E-state index contributed by atoms with van der Waals surface area (Å²) in [5.41, 5.74) is 6.39. The predicted octanol–water partition coefficient (Wildman–Crippen LogP) is -0.496. The van der Waals surface area contributed by atoms with Crippen LogP contribution in [0.4, 0.5) is 5.95 Å². The summed E-state index contributed by atoms with van der Waals surface area (Å²) in [5.74, 6) is 2.13. The predicted molar refractivity (Wildman–Crippen MR) is 60.0 cm³/mol. The molecule has 0 saturated carbocycles. The van der Waals surface area contributed by atoms with Gasteiger partial charge in [0.25, 0.3) is 0 Å². The zero-order valence-corrected chi connectivity index (χ0v) is 9.24. The van der Waals surface area contributed by atoms with Crippen molar-refractivity contribution in [2.45, 2.75) is 6.54 Å². The first-order chi connectivity index (χ1) is 7.29. The van der Waals surface area contributed by atoms with Gasteiger partial charge in [0.2, 0.25) is 5.95 Å². The van der Waals surface area contributed by atoms with E-state index in [0.29, 0.717) is 24.0 Å². The molecule has 1 aliphatic heterocycles. The molecule has 1 aromatic rings. The zero-order chi connectivity index (χ0) is 10.7. The fourth-order valence-corrected chi connectivity index (χ4v) is 2.51. The second-order valence-electron chi connectivity index (χ2n) is 3.43. The molecule has 0 aromatic carbocycles. The van der Waals surface area contributed by atoms with Gasteiger partial charge in [0.05, 0.1) is 0 Å². The molecule has 82 valence electrons. The Balaban J connectivity index is 2.06. The van der Waals surface area contributed by atoms with Crippen LogP contribution < -0.4 is 10.6 Å². The highest BCUT2D eigenvalue weighted by atomic mass is 32.2. The Labute approximate surface area is 91.2 Å². The number of nitrogens with zero attached hydrogens (tertiary/aromatic N) is 3. The van der Waals surface area contributed by atoms with Crippen molar-refractivity contribution in [3.8, 4) is 0 Å². The van der Waals surface area contributed by atoms with Gasteiger partial charge in [-0.25, -0.2) is 9.97 Å². The molecule has 0 aliphatic carbocycles. The Bertz CT molecular complexity index is 344. The summed E-state index contributed by atoms with van der Waals surface area (Å²) in [5, 5.41) is 0. The van der Waals surface area contributed by atoms with E-state index in [-0.39, 0.29) is 0 Å². The Morgan fingerprint density at radius 2 is 1.93 bits per heavy atom. The third-order valence-corrected chi connectivity index (χ3v) is 3.66. The second kappa shape index (κ2) is 4.67. The van der Waals surface area contributed by atoms with Gasteiger partial charge in [-0.2, -0.15) is 0 Å². The molecule has 0 radical (unpaired) electrons. The largest absolute Gasteiger partial charge is 0.339 e. The summed E-state index contributed by atoms with van der Waals surface area (Å²) < 4.78 is 11.2. The fraction of sp³-hybridized carbons (Fsp3) is 0.556. The Hall–Kier alpha value is -1.01. The molecule has 0 atom stereocenters. The molecule has 5 nitrogen and oxygen atoms in total. The Kier molecular flexibility index (Phi) is 3.27. The summed E-state index contributed by atoms with van der Waals surface area (Å²) in [7, 11) is -0.658. The highest BCUT2D eigenvalue weighted by Gasteiger charge is 2.16. The zero-order valence-electron chi connectivity index (χ0n) is 8.43. The first-order valence-corrected chi connectivity index (χ1v) is 6.39. The first-order valence-electron chi connectivity index (χ1n) is 4.90. The molecule has 1 aliphatic rings. The van der Waals surface area contributed by atoms with Gasteiger partial charge >= 0.3 is 0 Å². The molecule has 1 saturated heterocycles. The highest BCUT2D eigenvalue weighted by molar-refractivity contribution is 7.85. The van der Waals surface area contributed by atoms with Crippen molar-refractivity contribution in [1.82, 2.24) is 9.97 Å². The minimum Gasteiger partial charge on any atom is -0.339 e. The van der Waals surface area contributed by atoms with Crippen LogP contribution in [0.15, 0.2) is 12.4 Å². The van der Waals surface area contributed by atoms with Crippen LogP contribution in [0.1, 0.15) is 5.56 Å². The SMILES string of the molecule is NCc1cnc(N2CCS(=O)CC2)nc1. The molecule has 2 rings (SSSR count). The van der Waals surface area contributed by atoms with Crippen molar-refractivity contribution in [1.29, 1.82) is 0 Å². The molecule has 0 bridgehead atoms. The molecule has 2 heterocycles. The van der Waals surface area contributed by atoms with Crippen LogP contribution >= 0.6 is 0 Å². The number of aromatic nitrogens is 2. The standard InChI is InChI=1S/C9H14N4OS/c10-5-8-6-11-9(12-7-8)13-1-3-15(14)4-2-13/h6-7H,1-5,10H2. The lowest BCUT2D eigenvalue weighted by Gasteiger charge is -2.26. The number of hydrogen-bond donors (Lipinski definition) is 1. The van der Waals surface area contributed by atoms with Crippen LogP contribution in [0.3, 0.4) is 0 Å². The fourth-order valence-electron chi connectivity index (χ4n) is 1.45. The maximum atomic E-state index is 11.2. The molecule has 0 unspecified atom stereocenters. The minimum atomic E-state index is -0.658. The lowest BCUT2D eigenvalue weighted by atomic mass is 10.3. The summed E-state index contributed by atoms with van der Waals surface area (Å²) in [6.07, 6.45) is 3.49. The van der Waals surface area contributed by atoms with Gasteiger partial charge in [-0.3, -0.25) is 4.21 Å². The summed E-state index contributed by atoms with van der Waals surface area (Å²) in [4.78, 5) is 10.5. The third kappa shape index (κ3) is 2.51. The van der Waals surface area contributed by atoms with Gasteiger partial charge in [-0.15, -0.1) is 0 Å². The number of anilines is 1. The maximum Gasteiger partial charge on any atom is 0.225 e. The van der Waals surface area contributed by atoms with Crippen molar-refractivity contribution >= 4 is 16.7 Å². The lowest BCUT2D eigenvalue weighted by molar-refractivity contribution is 0.671. The van der Waals surface area contributed by atoms with Crippen LogP contribution in [0.5, 0.6) is 0 Å². The topological polar surface area (TPSA) is 72.1 Å². The van der Waals surface area contributed by atoms with Crippen LogP contribution in [-0.4, -0.2) is 38.8 Å². The lowest BCUT2D eigenvalue weighted by Crippen LogP contribution is -2.38. The minimum absolute atomic E-state index is 0.463. The van der Waals surface area contributed by atoms with Crippen LogP contribution in [0.2, 0.25) is 0 Å². The number of rotatable bonds is 2. The van der Waals surface area contributed by atoms with Gasteiger partial charge in [-0.05, 0) is 0 Å². The monoisotopic (exact) mass is 226 g/mol. The first kappa shape index (κ1) is 10.5. The third-order valence-electron chi connectivity index (χ3n) is 2.39. The smallest absolute Gasteiger partial charge is 0.225 e. The Morgan fingerprint density at radius 1 is 1.33 bits per heavy atom. The summed E-state index contributed by atoms with van der Waals surface area (Å²) in [6, 6.07) is 0. The van der Waals surface area contributed by atoms with Gasteiger partial charge in [0, 0.05) is 59.9 Å². The van der Waals surface area contributed by atoms with E-state index in [1.807, 2.05) is 0 Å². The average molecular weight is 226 g/mol. The summed E-state index contributed by atoms with van der Waals surface area (Å²) >= 11 is 0. The van der Waals surface area contributed by atoms with E-state index < -0.39 is 10.8 Å². The summed E-state index contributed by atoms with van der Waals surface area (Å²) in [6.45, 7) is 2.01. The molecule has 1 fully saturated rings. The number of hydrogen-bond acceptors (Lipinski definition) is 5. The molecule has 6 heteroatoms. The van der Waals surface area contributed by atoms with Crippen LogP contribution in [0, 0.1) is 0 Å². The molecular weight excluding hydrogens is 212 g/mol. The molecule has 15 heavy (non-hydrogen) atoms. The molecule has 0 amide bonds. The average Bonchev–Trinajstić information content (AvgIpc) is 2.30. The van der Waals surface area contributed by atoms with Crippen molar-refractivity contribution in [2.75, 3.05) is 29.5 Å². The van der Waals surface area contributed by atoms with E-state index >= 15 is 0 Å². The van der Waals surface area contributed by atoms with E-state index in [9.17, 15) is 4.21 Å².